The molecule has 0 radical (unpaired) electrons. The summed E-state index contributed by atoms with van der Waals surface area (Å²) in [6, 6.07) is 14.4. The average molecular weight is 557 g/mol. The number of ether oxygens (including phenoxy) is 1. The zero-order valence-electron chi connectivity index (χ0n) is 24.8. The third-order valence-corrected chi connectivity index (χ3v) is 9.07. The first kappa shape index (κ1) is 29.1. The van der Waals surface area contributed by atoms with E-state index >= 15 is 0 Å². The van der Waals surface area contributed by atoms with E-state index in [1.165, 1.54) is 6.42 Å². The molecule has 2 aliphatic rings. The van der Waals surface area contributed by atoms with Crippen LogP contribution >= 0.6 is 0 Å². The highest BCUT2D eigenvalue weighted by Crippen LogP contribution is 2.43. The first-order valence-electron chi connectivity index (χ1n) is 15.1. The summed E-state index contributed by atoms with van der Waals surface area (Å²) >= 11 is 0. The van der Waals surface area contributed by atoms with E-state index in [-0.39, 0.29) is 29.7 Å². The van der Waals surface area contributed by atoms with Crippen LogP contribution in [0.25, 0.3) is 11.1 Å². The molecule has 1 aromatic heterocycles. The zero-order chi connectivity index (χ0) is 28.9. The summed E-state index contributed by atoms with van der Waals surface area (Å²) in [5.74, 6) is 1.97. The molecule has 2 saturated carbocycles. The molecule has 41 heavy (non-hydrogen) atoms. The maximum atomic E-state index is 13.5. The van der Waals surface area contributed by atoms with Crippen molar-refractivity contribution in [2.75, 3.05) is 26.1 Å². The number of methoxy groups -OCH3 is 1. The molecule has 0 aliphatic heterocycles. The van der Waals surface area contributed by atoms with Crippen molar-refractivity contribution in [1.29, 1.82) is 0 Å². The fraction of sp³-hybridized carbons (Fsp3) is 0.500. The number of hydrogen-bond donors (Lipinski definition) is 2. The molecule has 4 atom stereocenters. The van der Waals surface area contributed by atoms with E-state index < -0.39 is 6.10 Å². The zero-order valence-corrected chi connectivity index (χ0v) is 24.8. The highest BCUT2D eigenvalue weighted by Gasteiger charge is 2.36. The largest absolute Gasteiger partial charge is 0.496 e. The Balaban J connectivity index is 1.40. The van der Waals surface area contributed by atoms with Gasteiger partial charge in [0.15, 0.2) is 0 Å². The minimum Gasteiger partial charge on any atom is -0.496 e. The Morgan fingerprint density at radius 2 is 1.76 bits per heavy atom. The van der Waals surface area contributed by atoms with E-state index in [0.29, 0.717) is 12.4 Å². The highest BCUT2D eigenvalue weighted by atomic mass is 16.5. The minimum atomic E-state index is -0.481. The molecule has 2 aromatic carbocycles. The van der Waals surface area contributed by atoms with Crippen LogP contribution in [0.5, 0.6) is 5.75 Å². The number of benzene rings is 2. The summed E-state index contributed by atoms with van der Waals surface area (Å²) in [7, 11) is 5.53. The Morgan fingerprint density at radius 1 is 1.00 bits per heavy atom. The Morgan fingerprint density at radius 3 is 2.41 bits per heavy atom. The van der Waals surface area contributed by atoms with Crippen molar-refractivity contribution in [3.8, 4) is 16.9 Å². The molecular formula is C34H44N4O3. The summed E-state index contributed by atoms with van der Waals surface area (Å²) in [5, 5.41) is 14.9. The molecule has 218 valence electrons. The number of hydrogen-bond acceptors (Lipinski definition) is 6. The quantitative estimate of drug-likeness (QED) is 0.343. The van der Waals surface area contributed by atoms with Gasteiger partial charge in [-0.15, -0.1) is 0 Å². The predicted octanol–water partition coefficient (Wildman–Crippen LogP) is 6.21. The molecule has 3 aromatic rings. The number of aromatic nitrogens is 2. The van der Waals surface area contributed by atoms with Gasteiger partial charge in [0.05, 0.1) is 19.3 Å². The predicted molar refractivity (Wildman–Crippen MR) is 163 cm³/mol. The third kappa shape index (κ3) is 6.72. The maximum Gasteiger partial charge on any atom is 0.224 e. The summed E-state index contributed by atoms with van der Waals surface area (Å²) in [6.45, 7) is 2.04. The fourth-order valence-electron chi connectivity index (χ4n) is 6.72. The van der Waals surface area contributed by atoms with Crippen molar-refractivity contribution in [3.63, 3.8) is 0 Å². The Bertz CT molecular complexity index is 1320. The van der Waals surface area contributed by atoms with Crippen LogP contribution in [0.4, 0.5) is 5.95 Å². The van der Waals surface area contributed by atoms with Crippen molar-refractivity contribution in [2.45, 2.75) is 76.4 Å². The van der Waals surface area contributed by atoms with Gasteiger partial charge in [-0.3, -0.25) is 4.79 Å². The van der Waals surface area contributed by atoms with Crippen LogP contribution in [0.1, 0.15) is 80.0 Å². The Kier molecular flexibility index (Phi) is 9.23. The second kappa shape index (κ2) is 13.0. The van der Waals surface area contributed by atoms with Gasteiger partial charge in [0.25, 0.3) is 0 Å². The second-order valence-corrected chi connectivity index (χ2v) is 12.1. The molecule has 0 saturated heterocycles. The summed E-state index contributed by atoms with van der Waals surface area (Å²) in [6.07, 6.45) is 11.0. The van der Waals surface area contributed by atoms with Gasteiger partial charge < -0.3 is 20.1 Å². The summed E-state index contributed by atoms with van der Waals surface area (Å²) in [4.78, 5) is 24.4. The monoisotopic (exact) mass is 556 g/mol. The van der Waals surface area contributed by atoms with Crippen molar-refractivity contribution in [2.24, 2.45) is 11.8 Å². The van der Waals surface area contributed by atoms with E-state index in [0.717, 1.165) is 72.1 Å². The topological polar surface area (TPSA) is 87.6 Å². The van der Waals surface area contributed by atoms with E-state index in [1.807, 2.05) is 50.4 Å². The number of aliphatic hydroxyl groups excluding tert-OH is 1. The first-order chi connectivity index (χ1) is 19.8. The van der Waals surface area contributed by atoms with Gasteiger partial charge in [-0.05, 0) is 79.3 Å². The van der Waals surface area contributed by atoms with Gasteiger partial charge in [0.2, 0.25) is 11.9 Å². The lowest BCUT2D eigenvalue weighted by Crippen LogP contribution is -2.41. The molecule has 4 unspecified atom stereocenters. The van der Waals surface area contributed by atoms with E-state index in [9.17, 15) is 9.90 Å². The minimum absolute atomic E-state index is 0.0734. The van der Waals surface area contributed by atoms with E-state index in [2.05, 4.69) is 45.6 Å². The number of aryl methyl sites for hydroxylation is 1. The van der Waals surface area contributed by atoms with Crippen molar-refractivity contribution in [3.05, 3.63) is 71.5 Å². The van der Waals surface area contributed by atoms with Crippen LogP contribution in [0, 0.1) is 18.8 Å². The van der Waals surface area contributed by atoms with Gasteiger partial charge in [-0.2, -0.15) is 0 Å². The van der Waals surface area contributed by atoms with E-state index in [1.54, 1.807) is 7.11 Å². The molecule has 7 nitrogen and oxygen atoms in total. The van der Waals surface area contributed by atoms with Crippen LogP contribution in [0.15, 0.2) is 54.9 Å². The normalized spacial score (nSPS) is 22.1. The van der Waals surface area contributed by atoms with Crippen LogP contribution in [0.3, 0.4) is 0 Å². The summed E-state index contributed by atoms with van der Waals surface area (Å²) in [5.41, 5.74) is 5.26. The van der Waals surface area contributed by atoms with Crippen LogP contribution in [-0.4, -0.2) is 48.3 Å². The van der Waals surface area contributed by atoms with Crippen LogP contribution in [-0.2, 0) is 4.79 Å². The molecule has 1 heterocycles. The smallest absolute Gasteiger partial charge is 0.224 e. The molecule has 0 bridgehead atoms. The van der Waals surface area contributed by atoms with Gasteiger partial charge in [0.1, 0.15) is 5.75 Å². The van der Waals surface area contributed by atoms with Crippen molar-refractivity contribution < 1.29 is 14.6 Å². The van der Waals surface area contributed by atoms with Crippen molar-refractivity contribution in [1.82, 2.24) is 15.3 Å². The third-order valence-electron chi connectivity index (χ3n) is 9.07. The SMILES string of the molecule is COc1ccc(C2CCC(C(NC(=O)C3CCCCC3)c3cccc(-c4cnc(N(C)C)nc4)c3)CC2O)cc1C. The molecule has 0 spiro atoms. The average Bonchev–Trinajstić information content (AvgIpc) is 3.00. The Hall–Kier alpha value is -3.45. The van der Waals surface area contributed by atoms with Gasteiger partial charge in [0, 0.05) is 43.9 Å². The van der Waals surface area contributed by atoms with Gasteiger partial charge in [-0.1, -0.05) is 49.6 Å². The molecule has 5 rings (SSSR count). The number of anilines is 1. The number of aliphatic hydroxyl groups is 1. The molecule has 2 N–H and O–H groups in total. The lowest BCUT2D eigenvalue weighted by Gasteiger charge is -2.38. The number of rotatable bonds is 8. The number of amides is 1. The van der Waals surface area contributed by atoms with Gasteiger partial charge >= 0.3 is 0 Å². The number of nitrogens with one attached hydrogen (secondary N) is 1. The standard InChI is InChI=1S/C34H44N4O3/c1-22-17-25(14-16-31(22)41-4)29-15-13-27(19-30(29)39)32(37-33(40)23-9-6-5-7-10-23)26-12-8-11-24(18-26)28-20-35-34(36-21-28)38(2)3/h8,11-12,14,16-18,20-21,23,27,29-30,32,39H,5-7,9-10,13,15,19H2,1-4H3,(H,37,40). The summed E-state index contributed by atoms with van der Waals surface area (Å²) < 4.78 is 5.44. The number of carbonyl (C=O) groups excluding carboxylic acids is 1. The highest BCUT2D eigenvalue weighted by molar-refractivity contribution is 5.79. The number of nitrogens with zero attached hydrogens (tertiary/aromatic N) is 3. The lowest BCUT2D eigenvalue weighted by molar-refractivity contribution is -0.127. The molecule has 1 amide bonds. The Labute approximate surface area is 244 Å². The maximum absolute atomic E-state index is 13.5. The van der Waals surface area contributed by atoms with Crippen LogP contribution in [0.2, 0.25) is 0 Å². The molecule has 7 heteroatoms. The fourth-order valence-corrected chi connectivity index (χ4v) is 6.72. The molecular weight excluding hydrogens is 512 g/mol. The van der Waals surface area contributed by atoms with Crippen LogP contribution < -0.4 is 15.0 Å². The van der Waals surface area contributed by atoms with Gasteiger partial charge in [-0.25, -0.2) is 9.97 Å². The molecule has 2 aliphatic carbocycles. The van der Waals surface area contributed by atoms with E-state index in [4.69, 9.17) is 4.74 Å². The molecule has 2 fully saturated rings. The van der Waals surface area contributed by atoms with Crippen molar-refractivity contribution >= 4 is 11.9 Å². The second-order valence-electron chi connectivity index (χ2n) is 12.1. The lowest BCUT2D eigenvalue weighted by atomic mass is 9.72. The first-order valence-corrected chi connectivity index (χ1v) is 15.1. The number of carbonyl (C=O) groups is 1.